The first kappa shape index (κ1) is 23.7. The van der Waals surface area contributed by atoms with Crippen LogP contribution in [0.4, 0.5) is 5.69 Å². The minimum Gasteiger partial charge on any atom is -0.486 e. The van der Waals surface area contributed by atoms with Crippen LogP contribution in [0.15, 0.2) is 102 Å². The van der Waals surface area contributed by atoms with Crippen LogP contribution in [0, 0.1) is 0 Å². The molecule has 7 rings (SSSR count). The van der Waals surface area contributed by atoms with Crippen LogP contribution in [-0.2, 0) is 4.79 Å². The molecule has 0 bridgehead atoms. The highest BCUT2D eigenvalue weighted by atomic mass is 16.6. The Kier molecular flexibility index (Phi) is 5.74. The molecule has 1 aliphatic rings. The lowest BCUT2D eigenvalue weighted by Crippen LogP contribution is -2.35. The number of fused-ring (bicyclic) bond motifs is 3. The number of hydrogen-bond acceptors (Lipinski definition) is 6. The third kappa shape index (κ3) is 4.14. The summed E-state index contributed by atoms with van der Waals surface area (Å²) >= 11 is 0. The predicted octanol–water partition coefficient (Wildman–Crippen LogP) is 4.94. The van der Waals surface area contributed by atoms with Crippen molar-refractivity contribution in [3.05, 3.63) is 113 Å². The molecule has 0 aliphatic carbocycles. The average Bonchev–Trinajstić information content (AvgIpc) is 3.43. The van der Waals surface area contributed by atoms with Gasteiger partial charge in [-0.05, 0) is 54.1 Å². The summed E-state index contributed by atoms with van der Waals surface area (Å²) < 4.78 is 12.8. The number of para-hydroxylation sites is 3. The van der Waals surface area contributed by atoms with Gasteiger partial charge in [-0.1, -0.05) is 30.3 Å². The quantitative estimate of drug-likeness (QED) is 0.327. The van der Waals surface area contributed by atoms with Crippen molar-refractivity contribution in [2.45, 2.75) is 6.04 Å². The van der Waals surface area contributed by atoms with Crippen molar-refractivity contribution in [3.63, 3.8) is 0 Å². The molecule has 0 radical (unpaired) electrons. The van der Waals surface area contributed by atoms with E-state index in [-0.39, 0.29) is 5.69 Å². The number of anilines is 1. The van der Waals surface area contributed by atoms with Gasteiger partial charge in [0.05, 0.1) is 16.7 Å². The van der Waals surface area contributed by atoms with E-state index >= 15 is 0 Å². The first-order valence-electron chi connectivity index (χ1n) is 12.9. The SMILES string of the molecule is O=C(Nc1ccc2c(c1)OCCO2)C(c1ccncc1)n1c(=O)c(-c2cc3ccccc3[nH]2)nc2ccccc21. The molecule has 6 aromatic rings. The number of carbonyl (C=O) groups is 1. The van der Waals surface area contributed by atoms with E-state index in [2.05, 4.69) is 15.3 Å². The molecule has 196 valence electrons. The van der Waals surface area contributed by atoms with Crippen LogP contribution in [0.5, 0.6) is 11.5 Å². The monoisotopic (exact) mass is 529 g/mol. The van der Waals surface area contributed by atoms with Gasteiger partial charge < -0.3 is 19.8 Å². The van der Waals surface area contributed by atoms with Crippen molar-refractivity contribution in [3.8, 4) is 22.9 Å². The van der Waals surface area contributed by atoms with E-state index < -0.39 is 17.5 Å². The number of hydrogen-bond donors (Lipinski definition) is 2. The van der Waals surface area contributed by atoms with Crippen molar-refractivity contribution in [2.75, 3.05) is 18.5 Å². The molecule has 9 heteroatoms. The van der Waals surface area contributed by atoms with Crippen molar-refractivity contribution in [1.82, 2.24) is 19.5 Å². The zero-order valence-electron chi connectivity index (χ0n) is 21.2. The Labute approximate surface area is 228 Å². The minimum absolute atomic E-state index is 0.223. The molecule has 0 fully saturated rings. The van der Waals surface area contributed by atoms with E-state index in [1.165, 1.54) is 4.57 Å². The lowest BCUT2D eigenvalue weighted by molar-refractivity contribution is -0.118. The average molecular weight is 530 g/mol. The summed E-state index contributed by atoms with van der Waals surface area (Å²) in [6.07, 6.45) is 3.21. The van der Waals surface area contributed by atoms with Crippen molar-refractivity contribution >= 4 is 33.5 Å². The van der Waals surface area contributed by atoms with Gasteiger partial charge in [0.2, 0.25) is 0 Å². The van der Waals surface area contributed by atoms with Gasteiger partial charge in [-0.25, -0.2) is 4.98 Å². The maximum Gasteiger partial charge on any atom is 0.280 e. The fourth-order valence-corrected chi connectivity index (χ4v) is 5.08. The molecule has 4 heterocycles. The molecule has 1 amide bonds. The summed E-state index contributed by atoms with van der Waals surface area (Å²) in [5.41, 5.74) is 3.53. The zero-order valence-corrected chi connectivity index (χ0v) is 21.2. The molecule has 1 unspecified atom stereocenters. The molecule has 40 heavy (non-hydrogen) atoms. The molecular formula is C31H23N5O4. The summed E-state index contributed by atoms with van der Waals surface area (Å²) in [6.45, 7) is 0.901. The van der Waals surface area contributed by atoms with Gasteiger partial charge in [-0.3, -0.25) is 19.1 Å². The Morgan fingerprint density at radius 1 is 0.900 bits per heavy atom. The van der Waals surface area contributed by atoms with Gasteiger partial charge in [-0.15, -0.1) is 0 Å². The topological polar surface area (TPSA) is 111 Å². The second-order valence-corrected chi connectivity index (χ2v) is 9.43. The molecule has 9 nitrogen and oxygen atoms in total. The Hall–Kier alpha value is -5.44. The maximum absolute atomic E-state index is 14.3. The molecule has 3 aromatic heterocycles. The highest BCUT2D eigenvalue weighted by molar-refractivity contribution is 5.97. The number of ether oxygens (including phenoxy) is 2. The molecule has 1 aliphatic heterocycles. The fourth-order valence-electron chi connectivity index (χ4n) is 5.08. The van der Waals surface area contributed by atoms with Gasteiger partial charge in [0.15, 0.2) is 17.2 Å². The third-order valence-electron chi connectivity index (χ3n) is 6.92. The Balaban J connectivity index is 1.40. The van der Waals surface area contributed by atoms with E-state index in [9.17, 15) is 9.59 Å². The van der Waals surface area contributed by atoms with Gasteiger partial charge in [0.25, 0.3) is 11.5 Å². The van der Waals surface area contributed by atoms with E-state index in [1.807, 2.05) is 48.5 Å². The maximum atomic E-state index is 14.3. The third-order valence-corrected chi connectivity index (χ3v) is 6.92. The normalized spacial score (nSPS) is 13.3. The van der Waals surface area contributed by atoms with Crippen LogP contribution in [0.1, 0.15) is 11.6 Å². The number of benzene rings is 3. The van der Waals surface area contributed by atoms with Gasteiger partial charge in [-0.2, -0.15) is 0 Å². The van der Waals surface area contributed by atoms with Crippen LogP contribution in [0.2, 0.25) is 0 Å². The molecule has 3 aromatic carbocycles. The second-order valence-electron chi connectivity index (χ2n) is 9.43. The van der Waals surface area contributed by atoms with E-state index in [0.29, 0.717) is 52.7 Å². The van der Waals surface area contributed by atoms with E-state index in [0.717, 1.165) is 10.9 Å². The van der Waals surface area contributed by atoms with E-state index in [4.69, 9.17) is 14.5 Å². The predicted molar refractivity (Wildman–Crippen MR) is 152 cm³/mol. The van der Waals surface area contributed by atoms with Crippen LogP contribution in [-0.4, -0.2) is 38.6 Å². The second kappa shape index (κ2) is 9.70. The molecule has 1 atom stereocenters. The Morgan fingerprint density at radius 2 is 1.68 bits per heavy atom. The number of carbonyl (C=O) groups excluding carboxylic acids is 1. The molecule has 0 spiro atoms. The molecule has 0 saturated carbocycles. The van der Waals surface area contributed by atoms with Crippen molar-refractivity contribution in [2.24, 2.45) is 0 Å². The number of amides is 1. The van der Waals surface area contributed by atoms with Crippen LogP contribution >= 0.6 is 0 Å². The number of pyridine rings is 1. The summed E-state index contributed by atoms with van der Waals surface area (Å²) in [5.74, 6) is 0.773. The number of rotatable bonds is 5. The number of nitrogens with zero attached hydrogens (tertiary/aromatic N) is 3. The summed E-state index contributed by atoms with van der Waals surface area (Å²) in [6, 6.07) is 24.7. The highest BCUT2D eigenvalue weighted by Gasteiger charge is 2.28. The largest absolute Gasteiger partial charge is 0.486 e. The zero-order chi connectivity index (χ0) is 27.1. The van der Waals surface area contributed by atoms with Crippen molar-refractivity contribution < 1.29 is 14.3 Å². The summed E-state index contributed by atoms with van der Waals surface area (Å²) in [4.78, 5) is 40.5. The smallest absolute Gasteiger partial charge is 0.280 e. The molecule has 0 saturated heterocycles. The number of aromatic nitrogens is 4. The summed E-state index contributed by atoms with van der Waals surface area (Å²) in [5, 5.41) is 3.94. The van der Waals surface area contributed by atoms with Crippen LogP contribution in [0.25, 0.3) is 33.3 Å². The number of nitrogens with one attached hydrogen (secondary N) is 2. The van der Waals surface area contributed by atoms with Gasteiger partial charge >= 0.3 is 0 Å². The lowest BCUT2D eigenvalue weighted by Gasteiger charge is -2.23. The van der Waals surface area contributed by atoms with Gasteiger partial charge in [0, 0.05) is 35.1 Å². The standard InChI is InChI=1S/C31H23N5O4/c37-30(33-21-9-10-26-27(18-21)40-16-15-39-26)29(19-11-13-32-14-12-19)36-25-8-4-3-7-23(25)35-28(31(36)38)24-17-20-5-1-2-6-22(20)34-24/h1-14,17-18,29,34H,15-16H2,(H,33,37). The van der Waals surface area contributed by atoms with Gasteiger partial charge in [0.1, 0.15) is 19.3 Å². The van der Waals surface area contributed by atoms with Crippen molar-refractivity contribution in [1.29, 1.82) is 0 Å². The fraction of sp³-hybridized carbons (Fsp3) is 0.0968. The first-order chi connectivity index (χ1) is 19.7. The number of H-pyrrole nitrogens is 1. The first-order valence-corrected chi connectivity index (χ1v) is 12.9. The number of aromatic amines is 1. The minimum atomic E-state index is -1.01. The van der Waals surface area contributed by atoms with E-state index in [1.54, 1.807) is 48.8 Å². The Bertz CT molecular complexity index is 1910. The molecule has 2 N–H and O–H groups in total. The lowest BCUT2D eigenvalue weighted by atomic mass is 10.1. The van der Waals surface area contributed by atoms with Crippen LogP contribution < -0.4 is 20.3 Å². The molecular weight excluding hydrogens is 506 g/mol. The Morgan fingerprint density at radius 3 is 2.52 bits per heavy atom. The summed E-state index contributed by atoms with van der Waals surface area (Å²) in [7, 11) is 0. The highest BCUT2D eigenvalue weighted by Crippen LogP contribution is 2.33. The van der Waals surface area contributed by atoms with Crippen LogP contribution in [0.3, 0.4) is 0 Å².